The van der Waals surface area contributed by atoms with Crippen LogP contribution in [0, 0.1) is 6.92 Å². The number of nitrogens with zero attached hydrogens (tertiary/aromatic N) is 3. The zero-order valence-electron chi connectivity index (χ0n) is 12.0. The van der Waals surface area contributed by atoms with E-state index in [4.69, 9.17) is 4.42 Å². The zero-order chi connectivity index (χ0) is 14.8. The Bertz CT molecular complexity index is 788. The Labute approximate surface area is 121 Å². The average molecular weight is 284 g/mol. The summed E-state index contributed by atoms with van der Waals surface area (Å²) in [6.07, 6.45) is 4.75. The quantitative estimate of drug-likeness (QED) is 0.798. The third-order valence-electron chi connectivity index (χ3n) is 3.20. The molecule has 0 fully saturated rings. The van der Waals surface area contributed by atoms with Gasteiger partial charge in [0.2, 0.25) is 5.91 Å². The molecule has 1 amide bonds. The van der Waals surface area contributed by atoms with Crippen LogP contribution in [0.2, 0.25) is 0 Å². The van der Waals surface area contributed by atoms with Gasteiger partial charge in [0.05, 0.1) is 11.9 Å². The van der Waals surface area contributed by atoms with Crippen LogP contribution in [0.15, 0.2) is 35.0 Å². The van der Waals surface area contributed by atoms with E-state index in [0.717, 1.165) is 5.56 Å². The van der Waals surface area contributed by atoms with Gasteiger partial charge in [0.25, 0.3) is 0 Å². The third kappa shape index (κ3) is 2.94. The van der Waals surface area contributed by atoms with Gasteiger partial charge in [-0.1, -0.05) is 6.07 Å². The molecular formula is C15H16N4O2. The van der Waals surface area contributed by atoms with Crippen molar-refractivity contribution in [1.29, 1.82) is 0 Å². The van der Waals surface area contributed by atoms with E-state index in [1.807, 2.05) is 31.4 Å². The van der Waals surface area contributed by atoms with Crippen molar-refractivity contribution in [3.05, 3.63) is 42.0 Å². The van der Waals surface area contributed by atoms with E-state index in [0.29, 0.717) is 35.5 Å². The monoisotopic (exact) mass is 284 g/mol. The Morgan fingerprint density at radius 2 is 2.29 bits per heavy atom. The van der Waals surface area contributed by atoms with Crippen LogP contribution in [-0.2, 0) is 18.3 Å². The first-order valence-electron chi connectivity index (χ1n) is 6.75. The molecule has 0 bridgehead atoms. The molecule has 0 radical (unpaired) electrons. The van der Waals surface area contributed by atoms with Gasteiger partial charge >= 0.3 is 0 Å². The van der Waals surface area contributed by atoms with Crippen LogP contribution in [0.5, 0.6) is 0 Å². The van der Waals surface area contributed by atoms with Crippen LogP contribution in [0.1, 0.15) is 17.9 Å². The molecule has 0 aliphatic carbocycles. The number of benzene rings is 1. The summed E-state index contributed by atoms with van der Waals surface area (Å²) < 4.78 is 7.18. The molecule has 0 aliphatic heterocycles. The van der Waals surface area contributed by atoms with E-state index in [1.165, 1.54) is 0 Å². The summed E-state index contributed by atoms with van der Waals surface area (Å²) in [5.74, 6) is 0.536. The molecular weight excluding hydrogens is 268 g/mol. The number of hydrogen-bond donors (Lipinski definition) is 1. The fraction of sp³-hybridized carbons (Fsp3) is 0.267. The number of para-hydroxylation sites is 1. The van der Waals surface area contributed by atoms with Crippen LogP contribution in [0.3, 0.4) is 0 Å². The van der Waals surface area contributed by atoms with E-state index >= 15 is 0 Å². The van der Waals surface area contributed by atoms with Crippen LogP contribution >= 0.6 is 0 Å². The Balaban J connectivity index is 1.68. The minimum atomic E-state index is -0.0491. The number of oxazole rings is 1. The summed E-state index contributed by atoms with van der Waals surface area (Å²) in [4.78, 5) is 16.3. The molecule has 108 valence electrons. The van der Waals surface area contributed by atoms with Crippen molar-refractivity contribution in [1.82, 2.24) is 14.8 Å². The van der Waals surface area contributed by atoms with Gasteiger partial charge in [-0.25, -0.2) is 4.98 Å². The molecule has 0 atom stereocenters. The van der Waals surface area contributed by atoms with E-state index in [2.05, 4.69) is 15.4 Å². The second-order valence-corrected chi connectivity index (χ2v) is 4.96. The van der Waals surface area contributed by atoms with Crippen molar-refractivity contribution in [3.8, 4) is 0 Å². The lowest BCUT2D eigenvalue weighted by Gasteiger charge is -2.04. The standard InChI is InChI=1S/C15H16N4O2/c1-10-17-15-12(4-3-5-13(15)21-10)18-14(20)7-6-11-8-16-19(2)9-11/h3-5,8-9H,6-7H2,1-2H3,(H,18,20). The summed E-state index contributed by atoms with van der Waals surface area (Å²) >= 11 is 0. The molecule has 3 rings (SSSR count). The maximum absolute atomic E-state index is 12.0. The van der Waals surface area contributed by atoms with Gasteiger partial charge in [0.15, 0.2) is 11.5 Å². The molecule has 0 spiro atoms. The zero-order valence-corrected chi connectivity index (χ0v) is 12.0. The Morgan fingerprint density at radius 3 is 3.05 bits per heavy atom. The number of amides is 1. The molecule has 1 N–H and O–H groups in total. The Morgan fingerprint density at radius 1 is 1.43 bits per heavy atom. The highest BCUT2D eigenvalue weighted by atomic mass is 16.3. The topological polar surface area (TPSA) is 73.0 Å². The normalized spacial score (nSPS) is 11.0. The molecule has 0 saturated carbocycles. The van der Waals surface area contributed by atoms with Gasteiger partial charge < -0.3 is 9.73 Å². The van der Waals surface area contributed by atoms with Crippen molar-refractivity contribution >= 4 is 22.7 Å². The van der Waals surface area contributed by atoms with Crippen molar-refractivity contribution in [3.63, 3.8) is 0 Å². The highest BCUT2D eigenvalue weighted by molar-refractivity contribution is 5.98. The lowest BCUT2D eigenvalue weighted by atomic mass is 10.2. The van der Waals surface area contributed by atoms with Crippen molar-refractivity contribution < 1.29 is 9.21 Å². The maximum Gasteiger partial charge on any atom is 0.224 e. The molecule has 6 heteroatoms. The minimum Gasteiger partial charge on any atom is -0.441 e. The first-order valence-corrected chi connectivity index (χ1v) is 6.75. The number of fused-ring (bicyclic) bond motifs is 1. The molecule has 21 heavy (non-hydrogen) atoms. The van der Waals surface area contributed by atoms with Gasteiger partial charge in [-0.3, -0.25) is 9.48 Å². The summed E-state index contributed by atoms with van der Waals surface area (Å²) in [7, 11) is 1.86. The number of carbonyl (C=O) groups is 1. The number of nitrogens with one attached hydrogen (secondary N) is 1. The molecule has 3 aromatic rings. The highest BCUT2D eigenvalue weighted by Gasteiger charge is 2.10. The van der Waals surface area contributed by atoms with E-state index in [-0.39, 0.29) is 5.91 Å². The molecule has 1 aromatic carbocycles. The first kappa shape index (κ1) is 13.4. The molecule has 0 saturated heterocycles. The van der Waals surface area contributed by atoms with Crippen LogP contribution in [0.4, 0.5) is 5.69 Å². The second kappa shape index (κ2) is 5.40. The Kier molecular flexibility index (Phi) is 3.43. The first-order chi connectivity index (χ1) is 10.1. The number of rotatable bonds is 4. The van der Waals surface area contributed by atoms with Gasteiger partial charge in [0, 0.05) is 26.6 Å². The summed E-state index contributed by atoms with van der Waals surface area (Å²) in [6.45, 7) is 1.79. The minimum absolute atomic E-state index is 0.0491. The molecule has 0 aliphatic rings. The lowest BCUT2D eigenvalue weighted by Crippen LogP contribution is -2.12. The van der Waals surface area contributed by atoms with Crippen LogP contribution in [0.25, 0.3) is 11.1 Å². The van der Waals surface area contributed by atoms with Crippen molar-refractivity contribution in [2.45, 2.75) is 19.8 Å². The molecule has 0 unspecified atom stereocenters. The van der Waals surface area contributed by atoms with Crippen LogP contribution in [-0.4, -0.2) is 20.7 Å². The van der Waals surface area contributed by atoms with Crippen LogP contribution < -0.4 is 5.32 Å². The third-order valence-corrected chi connectivity index (χ3v) is 3.20. The molecule has 2 aromatic heterocycles. The number of hydrogen-bond acceptors (Lipinski definition) is 4. The SMILES string of the molecule is Cc1nc2c(NC(=O)CCc3cnn(C)c3)cccc2o1. The summed E-state index contributed by atoms with van der Waals surface area (Å²) in [5, 5.41) is 6.97. The molecule has 6 nitrogen and oxygen atoms in total. The smallest absolute Gasteiger partial charge is 0.224 e. The van der Waals surface area contributed by atoms with E-state index < -0.39 is 0 Å². The van der Waals surface area contributed by atoms with E-state index in [1.54, 1.807) is 17.8 Å². The number of aryl methyl sites for hydroxylation is 3. The fourth-order valence-electron chi connectivity index (χ4n) is 2.23. The average Bonchev–Trinajstić information content (AvgIpc) is 3.02. The van der Waals surface area contributed by atoms with Gasteiger partial charge in [-0.15, -0.1) is 0 Å². The second-order valence-electron chi connectivity index (χ2n) is 4.96. The molecule has 2 heterocycles. The van der Waals surface area contributed by atoms with Crippen molar-refractivity contribution in [2.24, 2.45) is 7.05 Å². The maximum atomic E-state index is 12.0. The van der Waals surface area contributed by atoms with Crippen molar-refractivity contribution in [2.75, 3.05) is 5.32 Å². The van der Waals surface area contributed by atoms with Gasteiger partial charge in [0.1, 0.15) is 5.52 Å². The lowest BCUT2D eigenvalue weighted by molar-refractivity contribution is -0.116. The number of aromatic nitrogens is 3. The Hall–Kier alpha value is -2.63. The number of anilines is 1. The van der Waals surface area contributed by atoms with Gasteiger partial charge in [-0.2, -0.15) is 5.10 Å². The van der Waals surface area contributed by atoms with Gasteiger partial charge in [-0.05, 0) is 24.1 Å². The highest BCUT2D eigenvalue weighted by Crippen LogP contribution is 2.23. The van der Waals surface area contributed by atoms with E-state index in [9.17, 15) is 4.79 Å². The predicted octanol–water partition coefficient (Wildman–Crippen LogP) is 2.44. The fourth-order valence-corrected chi connectivity index (χ4v) is 2.23. The largest absolute Gasteiger partial charge is 0.441 e. The summed E-state index contributed by atoms with van der Waals surface area (Å²) in [6, 6.07) is 5.50. The predicted molar refractivity (Wildman–Crippen MR) is 78.9 cm³/mol. The summed E-state index contributed by atoms with van der Waals surface area (Å²) in [5.41, 5.74) is 3.09. The number of carbonyl (C=O) groups excluding carboxylic acids is 1.